The Morgan fingerprint density at radius 1 is 1.23 bits per heavy atom. The predicted molar refractivity (Wildman–Crippen MR) is 93.2 cm³/mol. The summed E-state index contributed by atoms with van der Waals surface area (Å²) in [5.41, 5.74) is 1.23. The molecule has 2 aromatic carbocycles. The third kappa shape index (κ3) is 3.93. The molecule has 0 fully saturated rings. The van der Waals surface area contributed by atoms with Crippen LogP contribution in [0, 0.1) is 11.6 Å². The number of nitrogens with zero attached hydrogens (tertiary/aromatic N) is 2. The Morgan fingerprint density at radius 3 is 2.69 bits per heavy atom. The van der Waals surface area contributed by atoms with Gasteiger partial charge in [-0.15, -0.1) is 4.31 Å². The fourth-order valence-corrected chi connectivity index (χ4v) is 3.72. The number of sulfonamides is 1. The van der Waals surface area contributed by atoms with Crippen molar-refractivity contribution in [1.29, 1.82) is 0 Å². The first-order chi connectivity index (χ1) is 12.3. The molecule has 0 saturated carbocycles. The number of ether oxygens (including phenoxy) is 1. The predicted octanol–water partition coefficient (Wildman–Crippen LogP) is 2.82. The molecule has 26 heavy (non-hydrogen) atoms. The van der Waals surface area contributed by atoms with Gasteiger partial charge in [0.25, 0.3) is 0 Å². The molecular weight excluding hydrogens is 362 g/mol. The summed E-state index contributed by atoms with van der Waals surface area (Å²) in [6.45, 7) is 1.68. The molecule has 0 aliphatic carbocycles. The van der Waals surface area contributed by atoms with Crippen LogP contribution in [0.1, 0.15) is 11.1 Å². The zero-order chi connectivity index (χ0) is 18.9. The molecule has 0 amide bonds. The van der Waals surface area contributed by atoms with Gasteiger partial charge in [0, 0.05) is 57.0 Å². The highest BCUT2D eigenvalue weighted by Gasteiger charge is 2.26. The molecule has 0 N–H and O–H groups in total. The van der Waals surface area contributed by atoms with E-state index < -0.39 is 22.0 Å². The molecule has 1 aliphatic rings. The molecule has 0 aromatic heterocycles. The van der Waals surface area contributed by atoms with Crippen molar-refractivity contribution in [2.24, 2.45) is 0 Å². The quantitative estimate of drug-likeness (QED) is 0.763. The lowest BCUT2D eigenvalue weighted by atomic mass is 10.1. The Hall–Kier alpha value is -1.87. The van der Waals surface area contributed by atoms with E-state index in [-0.39, 0.29) is 4.90 Å². The van der Waals surface area contributed by atoms with Gasteiger partial charge in [-0.1, -0.05) is 10.3 Å². The molecule has 8 heteroatoms. The van der Waals surface area contributed by atoms with Crippen molar-refractivity contribution in [3.05, 3.63) is 59.2 Å². The first-order valence-corrected chi connectivity index (χ1v) is 9.56. The standard InChI is InChI=1S/C18H20F2N2O3S/c1-21(2)26(23,24)16-6-4-14-12-22(7-8-25-18(14)10-16)11-13-3-5-15(19)9-17(13)20/h3-6,9-10H,7-8,11-12H2,1-2H3. The summed E-state index contributed by atoms with van der Waals surface area (Å²) in [5.74, 6) is -0.678. The maximum absolute atomic E-state index is 13.9. The van der Waals surface area contributed by atoms with E-state index in [0.717, 1.165) is 15.9 Å². The summed E-state index contributed by atoms with van der Waals surface area (Å²) >= 11 is 0. The van der Waals surface area contributed by atoms with Crippen LogP contribution >= 0.6 is 0 Å². The van der Waals surface area contributed by atoms with Crippen LogP contribution in [0.15, 0.2) is 41.3 Å². The lowest BCUT2D eigenvalue weighted by molar-refractivity contribution is 0.217. The topological polar surface area (TPSA) is 55.8 Å². The molecular formula is C18H20F2N2O3S. The second kappa shape index (κ2) is 7.40. The van der Waals surface area contributed by atoms with Gasteiger partial charge in [0.2, 0.25) is 0 Å². The minimum Gasteiger partial charge on any atom is -0.593 e. The van der Waals surface area contributed by atoms with E-state index >= 15 is 0 Å². The van der Waals surface area contributed by atoms with E-state index in [4.69, 9.17) is 4.74 Å². The van der Waals surface area contributed by atoms with Crippen molar-refractivity contribution in [3.63, 3.8) is 0 Å². The number of fused-ring (bicyclic) bond motifs is 1. The van der Waals surface area contributed by atoms with E-state index in [1.807, 2.05) is 4.90 Å². The monoisotopic (exact) mass is 382 g/mol. The lowest BCUT2D eigenvalue weighted by Crippen LogP contribution is -2.29. The highest BCUT2D eigenvalue weighted by molar-refractivity contribution is 7.95. The lowest BCUT2D eigenvalue weighted by Gasteiger charge is -2.21. The van der Waals surface area contributed by atoms with Crippen molar-refractivity contribution in [2.75, 3.05) is 27.2 Å². The molecule has 0 spiro atoms. The molecule has 2 aromatic rings. The summed E-state index contributed by atoms with van der Waals surface area (Å²) in [5, 5.41) is 0. The average Bonchev–Trinajstić information content (AvgIpc) is 2.78. The van der Waals surface area contributed by atoms with Crippen LogP contribution in [0.25, 0.3) is 0 Å². The van der Waals surface area contributed by atoms with Gasteiger partial charge < -0.3 is 9.29 Å². The largest absolute Gasteiger partial charge is 0.593 e. The molecule has 5 nitrogen and oxygen atoms in total. The molecule has 0 bridgehead atoms. The van der Waals surface area contributed by atoms with Gasteiger partial charge in [-0.25, -0.2) is 8.78 Å². The third-order valence-corrected chi connectivity index (χ3v) is 6.10. The highest BCUT2D eigenvalue weighted by Crippen LogP contribution is 2.30. The molecule has 140 valence electrons. The first-order valence-electron chi connectivity index (χ1n) is 8.12. The summed E-state index contributed by atoms with van der Waals surface area (Å²) in [7, 11) is -0.593. The van der Waals surface area contributed by atoms with Crippen LogP contribution in [0.3, 0.4) is 0 Å². The number of hydrogen-bond acceptors (Lipinski definition) is 4. The number of rotatable bonds is 4. The zero-order valence-corrected chi connectivity index (χ0v) is 15.4. The SMILES string of the molecule is CN(C)[S+](=O)([O-])c1ccc2c(c1)OCCN(Cc1ccc(F)cc1F)C2. The van der Waals surface area contributed by atoms with Crippen LogP contribution in [0.2, 0.25) is 0 Å². The van der Waals surface area contributed by atoms with Crippen molar-refractivity contribution in [2.45, 2.75) is 18.0 Å². The summed E-state index contributed by atoms with van der Waals surface area (Å²) in [6, 6.07) is 8.32. The van der Waals surface area contributed by atoms with Gasteiger partial charge in [0.15, 0.2) is 15.3 Å². The van der Waals surface area contributed by atoms with Gasteiger partial charge in [-0.05, 0) is 18.2 Å². The minimum atomic E-state index is -3.54. The van der Waals surface area contributed by atoms with Gasteiger partial charge >= 0.3 is 0 Å². The molecule has 1 unspecified atom stereocenters. The Bertz CT molecular complexity index is 860. The molecule has 1 aliphatic heterocycles. The van der Waals surface area contributed by atoms with Crippen LogP contribution in [0.5, 0.6) is 5.75 Å². The minimum absolute atomic E-state index is 0.166. The Labute approximate surface area is 152 Å². The van der Waals surface area contributed by atoms with Gasteiger partial charge in [0.1, 0.15) is 24.0 Å². The molecule has 1 heterocycles. The number of hydrogen-bond donors (Lipinski definition) is 0. The fourth-order valence-electron chi connectivity index (χ4n) is 2.80. The Morgan fingerprint density at radius 2 is 2.00 bits per heavy atom. The molecule has 1 atom stereocenters. The van der Waals surface area contributed by atoms with Crippen LogP contribution < -0.4 is 4.74 Å². The van der Waals surface area contributed by atoms with Crippen molar-refractivity contribution in [3.8, 4) is 5.75 Å². The zero-order valence-electron chi connectivity index (χ0n) is 14.6. The van der Waals surface area contributed by atoms with Crippen molar-refractivity contribution in [1.82, 2.24) is 9.21 Å². The van der Waals surface area contributed by atoms with Gasteiger partial charge in [-0.2, -0.15) is 0 Å². The molecule has 0 radical (unpaired) electrons. The van der Waals surface area contributed by atoms with Crippen molar-refractivity contribution >= 4 is 10.4 Å². The maximum atomic E-state index is 13.9. The molecule has 0 saturated heterocycles. The fraction of sp³-hybridized carbons (Fsp3) is 0.333. The Kier molecular flexibility index (Phi) is 5.38. The van der Waals surface area contributed by atoms with Crippen molar-refractivity contribution < 1.29 is 22.3 Å². The highest BCUT2D eigenvalue weighted by atomic mass is 32.3. The third-order valence-electron chi connectivity index (χ3n) is 4.29. The van der Waals surface area contributed by atoms with Crippen LogP contribution in [-0.2, 0) is 27.7 Å². The second-order valence-corrected chi connectivity index (χ2v) is 8.50. The maximum Gasteiger partial charge on any atom is 0.179 e. The van der Waals surface area contributed by atoms with E-state index in [0.29, 0.717) is 37.6 Å². The van der Waals surface area contributed by atoms with E-state index in [2.05, 4.69) is 0 Å². The van der Waals surface area contributed by atoms with Crippen LogP contribution in [-0.4, -0.2) is 41.0 Å². The summed E-state index contributed by atoms with van der Waals surface area (Å²) in [4.78, 5) is 2.14. The molecule has 3 rings (SSSR count). The number of halogens is 2. The van der Waals surface area contributed by atoms with E-state index in [1.165, 1.54) is 32.3 Å². The summed E-state index contributed by atoms with van der Waals surface area (Å²) < 4.78 is 58.3. The van der Waals surface area contributed by atoms with Gasteiger partial charge in [-0.3, -0.25) is 4.90 Å². The first kappa shape index (κ1) is 18.9. The smallest absolute Gasteiger partial charge is 0.179 e. The normalized spacial score (nSPS) is 17.3. The van der Waals surface area contributed by atoms with Gasteiger partial charge in [0.05, 0.1) is 0 Å². The summed E-state index contributed by atoms with van der Waals surface area (Å²) in [6.07, 6.45) is 0. The van der Waals surface area contributed by atoms with Crippen LogP contribution in [0.4, 0.5) is 8.78 Å². The Balaban J connectivity index is 1.81. The van der Waals surface area contributed by atoms with E-state index in [9.17, 15) is 17.5 Å². The van der Waals surface area contributed by atoms with E-state index in [1.54, 1.807) is 12.1 Å². The second-order valence-electron chi connectivity index (χ2n) is 6.35. The average molecular weight is 382 g/mol. The number of benzene rings is 2.